The van der Waals surface area contributed by atoms with Crippen molar-refractivity contribution in [3.8, 4) is 5.75 Å². The molecular weight excluding hydrogens is 358 g/mol. The summed E-state index contributed by atoms with van der Waals surface area (Å²) in [4.78, 5) is 43.7. The van der Waals surface area contributed by atoms with E-state index in [-0.39, 0.29) is 30.1 Å². The molecule has 3 heterocycles. The monoisotopic (exact) mass is 385 g/mol. The molecule has 3 aliphatic rings. The Labute approximate surface area is 165 Å². The van der Waals surface area contributed by atoms with Gasteiger partial charge in [-0.2, -0.15) is 0 Å². The van der Waals surface area contributed by atoms with Gasteiger partial charge in [0.15, 0.2) is 0 Å². The maximum atomic E-state index is 13.0. The lowest BCUT2D eigenvalue weighted by Crippen LogP contribution is -2.50. The predicted molar refractivity (Wildman–Crippen MR) is 104 cm³/mol. The summed E-state index contributed by atoms with van der Waals surface area (Å²) in [5, 5.41) is 0. The standard InChI is InChI=1S/C21H27N3O4/c1-28-17-8-6-16(7-9-17)24-19(25)13-18(21(24)27)23-12-4-5-15(14-23)20(26)22-10-2-3-11-22/h6-9,15,18H,2-5,10-14H2,1H3/t15-,18-/m1/s1. The third kappa shape index (κ3) is 3.51. The van der Waals surface area contributed by atoms with E-state index in [0.717, 1.165) is 45.3 Å². The number of carbonyl (C=O) groups excluding carboxylic acids is 3. The fraction of sp³-hybridized carbons (Fsp3) is 0.571. The molecule has 0 aliphatic carbocycles. The number of rotatable bonds is 4. The van der Waals surface area contributed by atoms with Crippen molar-refractivity contribution in [2.75, 3.05) is 38.2 Å². The summed E-state index contributed by atoms with van der Waals surface area (Å²) >= 11 is 0. The van der Waals surface area contributed by atoms with Gasteiger partial charge in [-0.05, 0) is 56.5 Å². The second-order valence-corrected chi connectivity index (χ2v) is 7.85. The highest BCUT2D eigenvalue weighted by atomic mass is 16.5. The second-order valence-electron chi connectivity index (χ2n) is 7.85. The van der Waals surface area contributed by atoms with Gasteiger partial charge in [0.25, 0.3) is 5.91 Å². The predicted octanol–water partition coefficient (Wildman–Crippen LogP) is 1.66. The lowest BCUT2D eigenvalue weighted by Gasteiger charge is -2.36. The van der Waals surface area contributed by atoms with Crippen LogP contribution in [0.2, 0.25) is 0 Å². The molecular formula is C21H27N3O4. The molecule has 28 heavy (non-hydrogen) atoms. The van der Waals surface area contributed by atoms with Crippen LogP contribution < -0.4 is 9.64 Å². The number of benzene rings is 1. The van der Waals surface area contributed by atoms with E-state index in [4.69, 9.17) is 4.74 Å². The van der Waals surface area contributed by atoms with Gasteiger partial charge in [-0.25, -0.2) is 4.90 Å². The van der Waals surface area contributed by atoms with Crippen molar-refractivity contribution in [2.24, 2.45) is 5.92 Å². The Bertz CT molecular complexity index is 757. The van der Waals surface area contributed by atoms with E-state index in [1.54, 1.807) is 31.4 Å². The van der Waals surface area contributed by atoms with Gasteiger partial charge in [0, 0.05) is 19.6 Å². The number of hydrogen-bond donors (Lipinski definition) is 0. The van der Waals surface area contributed by atoms with E-state index in [9.17, 15) is 14.4 Å². The van der Waals surface area contributed by atoms with E-state index >= 15 is 0 Å². The molecule has 7 heteroatoms. The molecule has 0 aromatic heterocycles. The van der Waals surface area contributed by atoms with Crippen molar-refractivity contribution in [1.29, 1.82) is 0 Å². The number of amides is 3. The van der Waals surface area contributed by atoms with E-state index in [1.165, 1.54) is 4.90 Å². The van der Waals surface area contributed by atoms with Crippen LogP contribution in [0.25, 0.3) is 0 Å². The summed E-state index contributed by atoms with van der Waals surface area (Å²) in [6.45, 7) is 3.02. The first-order valence-corrected chi connectivity index (χ1v) is 10.1. The molecule has 0 N–H and O–H groups in total. The van der Waals surface area contributed by atoms with E-state index < -0.39 is 6.04 Å². The van der Waals surface area contributed by atoms with Crippen LogP contribution in [0.15, 0.2) is 24.3 Å². The van der Waals surface area contributed by atoms with E-state index in [1.807, 2.05) is 9.80 Å². The number of imide groups is 1. The van der Waals surface area contributed by atoms with Crippen LogP contribution in [0.5, 0.6) is 5.75 Å². The lowest BCUT2D eigenvalue weighted by molar-refractivity contribution is -0.137. The molecule has 3 amide bonds. The molecule has 0 bridgehead atoms. The van der Waals surface area contributed by atoms with Crippen LogP contribution in [-0.2, 0) is 14.4 Å². The van der Waals surface area contributed by atoms with Crippen LogP contribution in [-0.4, -0.2) is 66.9 Å². The molecule has 4 rings (SSSR count). The van der Waals surface area contributed by atoms with Crippen molar-refractivity contribution in [3.05, 3.63) is 24.3 Å². The number of piperidine rings is 1. The molecule has 3 fully saturated rings. The molecule has 0 spiro atoms. The van der Waals surface area contributed by atoms with Crippen LogP contribution in [0.4, 0.5) is 5.69 Å². The Morgan fingerprint density at radius 3 is 2.43 bits per heavy atom. The number of nitrogens with zero attached hydrogens (tertiary/aromatic N) is 3. The molecule has 1 aromatic carbocycles. The zero-order chi connectivity index (χ0) is 19.7. The fourth-order valence-corrected chi connectivity index (χ4v) is 4.59. The summed E-state index contributed by atoms with van der Waals surface area (Å²) in [6.07, 6.45) is 4.08. The Balaban J connectivity index is 1.45. The molecule has 0 unspecified atom stereocenters. The summed E-state index contributed by atoms with van der Waals surface area (Å²) in [7, 11) is 1.58. The average Bonchev–Trinajstić information content (AvgIpc) is 3.36. The lowest BCUT2D eigenvalue weighted by atomic mass is 9.95. The number of likely N-dealkylation sites (tertiary alicyclic amines) is 2. The zero-order valence-corrected chi connectivity index (χ0v) is 16.3. The third-order valence-corrected chi connectivity index (χ3v) is 6.11. The minimum atomic E-state index is -0.469. The summed E-state index contributed by atoms with van der Waals surface area (Å²) in [6, 6.07) is 6.48. The largest absolute Gasteiger partial charge is 0.497 e. The first-order chi connectivity index (χ1) is 13.6. The normalized spacial score (nSPS) is 26.2. The van der Waals surface area contributed by atoms with Crippen molar-refractivity contribution < 1.29 is 19.1 Å². The Hall–Kier alpha value is -2.41. The molecule has 150 valence electrons. The second kappa shape index (κ2) is 7.91. The van der Waals surface area contributed by atoms with Crippen molar-refractivity contribution >= 4 is 23.4 Å². The van der Waals surface area contributed by atoms with Crippen LogP contribution in [0.1, 0.15) is 32.1 Å². The fourth-order valence-electron chi connectivity index (χ4n) is 4.59. The van der Waals surface area contributed by atoms with Crippen LogP contribution in [0, 0.1) is 5.92 Å². The number of hydrogen-bond acceptors (Lipinski definition) is 5. The zero-order valence-electron chi connectivity index (χ0n) is 16.3. The molecule has 3 saturated heterocycles. The van der Waals surface area contributed by atoms with Crippen molar-refractivity contribution in [2.45, 2.75) is 38.1 Å². The van der Waals surface area contributed by atoms with Gasteiger partial charge < -0.3 is 9.64 Å². The topological polar surface area (TPSA) is 70.2 Å². The summed E-state index contributed by atoms with van der Waals surface area (Å²) < 4.78 is 5.15. The van der Waals surface area contributed by atoms with Crippen molar-refractivity contribution in [3.63, 3.8) is 0 Å². The SMILES string of the molecule is COc1ccc(N2C(=O)C[C@@H](N3CCC[C@@H](C(=O)N4CCCC4)C3)C2=O)cc1. The summed E-state index contributed by atoms with van der Waals surface area (Å²) in [5.74, 6) is 0.451. The van der Waals surface area contributed by atoms with Gasteiger partial charge in [-0.3, -0.25) is 19.3 Å². The van der Waals surface area contributed by atoms with Gasteiger partial charge in [0.1, 0.15) is 5.75 Å². The highest BCUT2D eigenvalue weighted by Gasteiger charge is 2.44. The molecule has 1 aromatic rings. The first kappa shape index (κ1) is 18.9. The average molecular weight is 385 g/mol. The highest BCUT2D eigenvalue weighted by molar-refractivity contribution is 6.22. The highest BCUT2D eigenvalue weighted by Crippen LogP contribution is 2.30. The Morgan fingerprint density at radius 2 is 1.75 bits per heavy atom. The first-order valence-electron chi connectivity index (χ1n) is 10.1. The summed E-state index contributed by atoms with van der Waals surface area (Å²) in [5.41, 5.74) is 0.569. The number of methoxy groups -OCH3 is 1. The minimum absolute atomic E-state index is 0.0650. The van der Waals surface area contributed by atoms with Gasteiger partial charge in [0.05, 0.1) is 31.2 Å². The maximum absolute atomic E-state index is 13.0. The van der Waals surface area contributed by atoms with Crippen molar-refractivity contribution in [1.82, 2.24) is 9.80 Å². The Morgan fingerprint density at radius 1 is 1.04 bits per heavy atom. The number of ether oxygens (including phenoxy) is 1. The van der Waals surface area contributed by atoms with Gasteiger partial charge in [0.2, 0.25) is 11.8 Å². The van der Waals surface area contributed by atoms with Gasteiger partial charge in [-0.1, -0.05) is 0 Å². The Kier molecular flexibility index (Phi) is 5.35. The van der Waals surface area contributed by atoms with Crippen LogP contribution >= 0.6 is 0 Å². The molecule has 0 radical (unpaired) electrons. The van der Waals surface area contributed by atoms with E-state index in [2.05, 4.69) is 0 Å². The quantitative estimate of drug-likeness (QED) is 0.738. The molecule has 7 nitrogen and oxygen atoms in total. The number of carbonyl (C=O) groups is 3. The smallest absolute Gasteiger partial charge is 0.251 e. The maximum Gasteiger partial charge on any atom is 0.251 e. The van der Waals surface area contributed by atoms with E-state index in [0.29, 0.717) is 18.0 Å². The van der Waals surface area contributed by atoms with Crippen LogP contribution in [0.3, 0.4) is 0 Å². The molecule has 3 aliphatic heterocycles. The third-order valence-electron chi connectivity index (χ3n) is 6.11. The minimum Gasteiger partial charge on any atom is -0.497 e. The molecule has 2 atom stereocenters. The number of anilines is 1. The van der Waals surface area contributed by atoms with Gasteiger partial charge >= 0.3 is 0 Å². The molecule has 0 saturated carbocycles. The van der Waals surface area contributed by atoms with Gasteiger partial charge in [-0.15, -0.1) is 0 Å².